The first-order valence-corrected chi connectivity index (χ1v) is 10.2. The summed E-state index contributed by atoms with van der Waals surface area (Å²) in [7, 11) is 0. The molecular formula is C23H19F2NOS. The number of amides is 1. The second kappa shape index (κ2) is 8.15. The van der Waals surface area contributed by atoms with Gasteiger partial charge in [0.05, 0.1) is 5.92 Å². The van der Waals surface area contributed by atoms with E-state index in [2.05, 4.69) is 0 Å². The number of carbonyl (C=O) groups excluding carboxylic acids is 1. The molecule has 0 aliphatic carbocycles. The minimum absolute atomic E-state index is 0.0730. The average molecular weight is 395 g/mol. The quantitative estimate of drug-likeness (QED) is 0.592. The molecule has 0 bridgehead atoms. The van der Waals surface area contributed by atoms with Gasteiger partial charge in [-0.05, 0) is 17.2 Å². The summed E-state index contributed by atoms with van der Waals surface area (Å²) in [5.74, 6) is -1.06. The van der Waals surface area contributed by atoms with Crippen LogP contribution >= 0.6 is 11.8 Å². The van der Waals surface area contributed by atoms with Gasteiger partial charge in [0.1, 0.15) is 17.0 Å². The van der Waals surface area contributed by atoms with E-state index in [0.29, 0.717) is 17.9 Å². The zero-order valence-electron chi connectivity index (χ0n) is 15.1. The maximum Gasteiger partial charge on any atom is 0.235 e. The summed E-state index contributed by atoms with van der Waals surface area (Å²) in [5.41, 5.74) is 2.14. The first-order chi connectivity index (χ1) is 13.6. The van der Waals surface area contributed by atoms with Gasteiger partial charge >= 0.3 is 0 Å². The van der Waals surface area contributed by atoms with Gasteiger partial charge in [-0.2, -0.15) is 0 Å². The van der Waals surface area contributed by atoms with E-state index in [0.717, 1.165) is 17.2 Å². The van der Waals surface area contributed by atoms with Crippen molar-refractivity contribution in [2.75, 3.05) is 12.3 Å². The van der Waals surface area contributed by atoms with E-state index in [-0.39, 0.29) is 5.91 Å². The highest BCUT2D eigenvalue weighted by atomic mass is 32.2. The molecule has 3 aromatic rings. The number of thioether (sulfide) groups is 1. The number of halogens is 2. The fourth-order valence-electron chi connectivity index (χ4n) is 3.59. The minimum atomic E-state index is -0.617. The number of rotatable bonds is 4. The van der Waals surface area contributed by atoms with Crippen molar-refractivity contribution < 1.29 is 13.6 Å². The molecule has 1 aliphatic rings. The Morgan fingerprint density at radius 1 is 0.929 bits per heavy atom. The second-order valence-electron chi connectivity index (χ2n) is 6.67. The normalized spacial score (nSPS) is 16.5. The maximum atomic E-state index is 14.4. The van der Waals surface area contributed by atoms with E-state index < -0.39 is 22.9 Å². The molecule has 1 heterocycles. The molecule has 0 aromatic heterocycles. The fraction of sp³-hybridized carbons (Fsp3) is 0.174. The third kappa shape index (κ3) is 3.67. The van der Waals surface area contributed by atoms with Gasteiger partial charge in [-0.25, -0.2) is 8.78 Å². The average Bonchev–Trinajstić information content (AvgIpc) is 3.19. The number of hydrogen-bond donors (Lipinski definition) is 0. The molecule has 0 spiro atoms. The van der Waals surface area contributed by atoms with Crippen LogP contribution in [0.4, 0.5) is 8.78 Å². The van der Waals surface area contributed by atoms with Crippen LogP contribution in [0.15, 0.2) is 78.9 Å². The number of hydrogen-bond acceptors (Lipinski definition) is 2. The van der Waals surface area contributed by atoms with Crippen LogP contribution in [0, 0.1) is 11.6 Å². The van der Waals surface area contributed by atoms with Gasteiger partial charge in [0.2, 0.25) is 5.91 Å². The summed E-state index contributed by atoms with van der Waals surface area (Å²) >= 11 is 1.50. The van der Waals surface area contributed by atoms with Gasteiger partial charge in [0.25, 0.3) is 0 Å². The van der Waals surface area contributed by atoms with Crippen molar-refractivity contribution in [3.8, 4) is 0 Å². The largest absolute Gasteiger partial charge is 0.325 e. The van der Waals surface area contributed by atoms with E-state index in [1.54, 1.807) is 4.90 Å². The number of nitrogens with zero attached hydrogens (tertiary/aromatic N) is 1. The molecule has 28 heavy (non-hydrogen) atoms. The van der Waals surface area contributed by atoms with Gasteiger partial charge < -0.3 is 4.90 Å². The third-order valence-electron chi connectivity index (χ3n) is 4.92. The monoisotopic (exact) mass is 395 g/mol. The molecule has 0 radical (unpaired) electrons. The highest BCUT2D eigenvalue weighted by Gasteiger charge is 2.37. The van der Waals surface area contributed by atoms with Crippen LogP contribution in [0.2, 0.25) is 0 Å². The Hall–Kier alpha value is -2.66. The Morgan fingerprint density at radius 3 is 2.11 bits per heavy atom. The van der Waals surface area contributed by atoms with Crippen LogP contribution in [-0.4, -0.2) is 23.1 Å². The molecule has 0 N–H and O–H groups in total. The Balaban J connectivity index is 1.72. The molecule has 0 unspecified atom stereocenters. The Labute approximate surface area is 167 Å². The predicted molar refractivity (Wildman–Crippen MR) is 108 cm³/mol. The fourth-order valence-corrected chi connectivity index (χ4v) is 4.87. The smallest absolute Gasteiger partial charge is 0.235 e. The van der Waals surface area contributed by atoms with E-state index >= 15 is 0 Å². The molecule has 1 amide bonds. The lowest BCUT2D eigenvalue weighted by Gasteiger charge is -2.29. The van der Waals surface area contributed by atoms with Crippen molar-refractivity contribution in [1.29, 1.82) is 0 Å². The lowest BCUT2D eigenvalue weighted by molar-refractivity contribution is -0.132. The molecule has 1 atom stereocenters. The van der Waals surface area contributed by atoms with Gasteiger partial charge in [0, 0.05) is 23.9 Å². The van der Waals surface area contributed by atoms with Crippen molar-refractivity contribution in [2.45, 2.75) is 11.3 Å². The molecule has 4 rings (SSSR count). The predicted octanol–water partition coefficient (Wildman–Crippen LogP) is 5.37. The third-order valence-corrected chi connectivity index (χ3v) is 6.16. The molecule has 1 aliphatic heterocycles. The highest BCUT2D eigenvalue weighted by molar-refractivity contribution is 7.99. The molecular weight excluding hydrogens is 376 g/mol. The van der Waals surface area contributed by atoms with Gasteiger partial charge in [-0.3, -0.25) is 4.79 Å². The van der Waals surface area contributed by atoms with Gasteiger partial charge in [-0.15, -0.1) is 11.8 Å². The molecule has 142 valence electrons. The lowest BCUT2D eigenvalue weighted by atomic mass is 9.90. The van der Waals surface area contributed by atoms with E-state index in [4.69, 9.17) is 0 Å². The molecule has 0 saturated carbocycles. The van der Waals surface area contributed by atoms with Crippen molar-refractivity contribution in [3.63, 3.8) is 0 Å². The van der Waals surface area contributed by atoms with Crippen molar-refractivity contribution >= 4 is 17.7 Å². The van der Waals surface area contributed by atoms with E-state index in [1.165, 1.54) is 23.9 Å². The van der Waals surface area contributed by atoms with Crippen molar-refractivity contribution in [2.24, 2.45) is 0 Å². The molecule has 3 aromatic carbocycles. The molecule has 1 fully saturated rings. The van der Waals surface area contributed by atoms with Gasteiger partial charge in [-0.1, -0.05) is 66.7 Å². The standard InChI is InChI=1S/C23H19F2NOS/c24-18-11-12-19(20(25)15-18)23-26(13-14-28-23)22(27)21(16-7-3-1-4-8-16)17-9-5-2-6-10-17/h1-12,15,21,23H,13-14H2/t23-/m0/s1. The number of benzene rings is 3. The summed E-state index contributed by atoms with van der Waals surface area (Å²) in [6.45, 7) is 0.529. The number of carbonyl (C=O) groups is 1. The first kappa shape index (κ1) is 18.7. The topological polar surface area (TPSA) is 20.3 Å². The zero-order chi connectivity index (χ0) is 19.5. The highest BCUT2D eigenvalue weighted by Crippen LogP contribution is 2.41. The first-order valence-electron chi connectivity index (χ1n) is 9.12. The zero-order valence-corrected chi connectivity index (χ0v) is 15.9. The molecule has 1 saturated heterocycles. The summed E-state index contributed by atoms with van der Waals surface area (Å²) in [4.78, 5) is 15.3. The van der Waals surface area contributed by atoms with E-state index in [9.17, 15) is 13.6 Å². The van der Waals surface area contributed by atoms with Crippen molar-refractivity contribution in [1.82, 2.24) is 4.90 Å². The van der Waals surface area contributed by atoms with Crippen LogP contribution in [0.3, 0.4) is 0 Å². The summed E-state index contributed by atoms with van der Waals surface area (Å²) in [5, 5.41) is -0.456. The van der Waals surface area contributed by atoms with Crippen LogP contribution in [-0.2, 0) is 4.79 Å². The van der Waals surface area contributed by atoms with Crippen LogP contribution in [0.5, 0.6) is 0 Å². The van der Waals surface area contributed by atoms with Crippen LogP contribution in [0.25, 0.3) is 0 Å². The summed E-state index contributed by atoms with van der Waals surface area (Å²) < 4.78 is 27.7. The Kier molecular flexibility index (Phi) is 5.44. The minimum Gasteiger partial charge on any atom is -0.325 e. The molecule has 2 nitrogen and oxygen atoms in total. The summed E-state index contributed by atoms with van der Waals surface area (Å²) in [6.07, 6.45) is 0. The van der Waals surface area contributed by atoms with Crippen LogP contribution in [0.1, 0.15) is 28.0 Å². The SMILES string of the molecule is O=C(C(c1ccccc1)c1ccccc1)N1CCS[C@H]1c1ccc(F)cc1F. The molecule has 5 heteroatoms. The Bertz CT molecular complexity index is 925. The maximum absolute atomic E-state index is 14.4. The van der Waals surface area contributed by atoms with Crippen molar-refractivity contribution in [3.05, 3.63) is 107 Å². The lowest BCUT2D eigenvalue weighted by Crippen LogP contribution is -2.35. The van der Waals surface area contributed by atoms with E-state index in [1.807, 2.05) is 60.7 Å². The summed E-state index contributed by atoms with van der Waals surface area (Å²) in [6, 6.07) is 22.8. The van der Waals surface area contributed by atoms with Gasteiger partial charge in [0.15, 0.2) is 0 Å². The van der Waals surface area contributed by atoms with Crippen LogP contribution < -0.4 is 0 Å². The Morgan fingerprint density at radius 2 is 1.54 bits per heavy atom. The second-order valence-corrected chi connectivity index (χ2v) is 7.86.